The summed E-state index contributed by atoms with van der Waals surface area (Å²) in [5.74, 6) is 0.408. The van der Waals surface area contributed by atoms with Gasteiger partial charge in [0.15, 0.2) is 5.82 Å². The molecule has 1 aromatic rings. The minimum atomic E-state index is 0.365. The van der Waals surface area contributed by atoms with E-state index in [1.165, 1.54) is 12.6 Å². The zero-order valence-corrected chi connectivity index (χ0v) is 8.25. The molecule has 0 bridgehead atoms. The Bertz CT molecular complexity index is 370. The number of hydrogen-bond donors (Lipinski definition) is 2. The van der Waals surface area contributed by atoms with Gasteiger partial charge in [-0.25, -0.2) is 0 Å². The van der Waals surface area contributed by atoms with Crippen LogP contribution in [0.3, 0.4) is 0 Å². The molecule has 0 unspecified atom stereocenters. The Morgan fingerprint density at radius 1 is 1.50 bits per heavy atom. The van der Waals surface area contributed by atoms with Crippen molar-refractivity contribution in [3.63, 3.8) is 0 Å². The van der Waals surface area contributed by atoms with E-state index in [0.29, 0.717) is 16.5 Å². The highest BCUT2D eigenvalue weighted by atomic mass is 35.5. The van der Waals surface area contributed by atoms with Gasteiger partial charge in [-0.1, -0.05) is 11.6 Å². The first-order valence-electron chi connectivity index (χ1n) is 4.35. The lowest BCUT2D eigenvalue weighted by Gasteiger charge is -2.14. The molecular weight excluding hydrogens is 202 g/mol. The number of hydrazone groups is 1. The van der Waals surface area contributed by atoms with Gasteiger partial charge in [-0.05, 0) is 19.3 Å². The van der Waals surface area contributed by atoms with Crippen LogP contribution >= 0.6 is 11.6 Å². The van der Waals surface area contributed by atoms with E-state index in [1.54, 1.807) is 0 Å². The average Bonchev–Trinajstić information content (AvgIpc) is 2.09. The van der Waals surface area contributed by atoms with Gasteiger partial charge in [-0.15, -0.1) is 5.10 Å². The summed E-state index contributed by atoms with van der Waals surface area (Å²) in [4.78, 5) is 0. The molecule has 1 aliphatic rings. The molecule has 0 amide bonds. The van der Waals surface area contributed by atoms with Crippen molar-refractivity contribution in [1.29, 1.82) is 0 Å². The summed E-state index contributed by atoms with van der Waals surface area (Å²) in [6.07, 6.45) is 4.70. The van der Waals surface area contributed by atoms with E-state index in [2.05, 4.69) is 20.7 Å². The van der Waals surface area contributed by atoms with Crippen molar-refractivity contribution >= 4 is 28.8 Å². The molecule has 2 rings (SSSR count). The minimum absolute atomic E-state index is 0.365. The summed E-state index contributed by atoms with van der Waals surface area (Å²) in [6, 6.07) is 0. The number of nitrogens with zero attached hydrogens (tertiary/aromatic N) is 3. The predicted octanol–water partition coefficient (Wildman–Crippen LogP) is 1.66. The highest BCUT2D eigenvalue weighted by Crippen LogP contribution is 2.24. The largest absolute Gasteiger partial charge is 0.396 e. The van der Waals surface area contributed by atoms with E-state index < -0.39 is 0 Å². The van der Waals surface area contributed by atoms with Gasteiger partial charge in [0, 0.05) is 5.71 Å². The minimum Gasteiger partial charge on any atom is -0.396 e. The van der Waals surface area contributed by atoms with Crippen molar-refractivity contribution in [1.82, 2.24) is 10.2 Å². The topological polar surface area (TPSA) is 76.2 Å². The second-order valence-electron chi connectivity index (χ2n) is 3.11. The van der Waals surface area contributed by atoms with Crippen LogP contribution in [-0.4, -0.2) is 15.9 Å². The summed E-state index contributed by atoms with van der Waals surface area (Å²) < 4.78 is 0. The molecule has 0 aromatic carbocycles. The summed E-state index contributed by atoms with van der Waals surface area (Å²) in [6.45, 7) is 0. The monoisotopic (exact) mass is 211 g/mol. The Kier molecular flexibility index (Phi) is 2.49. The molecule has 0 atom stereocenters. The quantitative estimate of drug-likeness (QED) is 0.730. The zero-order chi connectivity index (χ0) is 9.97. The van der Waals surface area contributed by atoms with Gasteiger partial charge in [-0.2, -0.15) is 10.2 Å². The van der Waals surface area contributed by atoms with Gasteiger partial charge in [0.25, 0.3) is 0 Å². The normalized spacial score (nSPS) is 14.8. The van der Waals surface area contributed by atoms with E-state index in [9.17, 15) is 0 Å². The summed E-state index contributed by atoms with van der Waals surface area (Å²) in [7, 11) is 0. The maximum absolute atomic E-state index is 5.88. The van der Waals surface area contributed by atoms with Crippen LogP contribution in [0.5, 0.6) is 0 Å². The van der Waals surface area contributed by atoms with Crippen LogP contribution in [-0.2, 0) is 0 Å². The molecule has 1 fully saturated rings. The van der Waals surface area contributed by atoms with Crippen LogP contribution < -0.4 is 11.2 Å². The molecule has 14 heavy (non-hydrogen) atoms. The zero-order valence-electron chi connectivity index (χ0n) is 7.50. The lowest BCUT2D eigenvalue weighted by Crippen LogP contribution is -2.12. The molecule has 74 valence electrons. The fraction of sp³-hybridized carbons (Fsp3) is 0.375. The van der Waals surface area contributed by atoms with Crippen LogP contribution in [0, 0.1) is 0 Å². The van der Waals surface area contributed by atoms with Crippen LogP contribution in [0.15, 0.2) is 11.3 Å². The van der Waals surface area contributed by atoms with Crippen LogP contribution in [0.1, 0.15) is 19.3 Å². The molecule has 1 aromatic heterocycles. The predicted molar refractivity (Wildman–Crippen MR) is 56.4 cm³/mol. The van der Waals surface area contributed by atoms with Crippen LogP contribution in [0.4, 0.5) is 11.5 Å². The van der Waals surface area contributed by atoms with E-state index in [1.807, 2.05) is 0 Å². The van der Waals surface area contributed by atoms with Crippen LogP contribution in [0.2, 0.25) is 5.02 Å². The third kappa shape index (κ3) is 1.77. The molecule has 6 heteroatoms. The lowest BCUT2D eigenvalue weighted by atomic mass is 9.98. The average molecular weight is 212 g/mol. The Morgan fingerprint density at radius 3 is 2.93 bits per heavy atom. The van der Waals surface area contributed by atoms with Crippen molar-refractivity contribution < 1.29 is 0 Å². The van der Waals surface area contributed by atoms with E-state index >= 15 is 0 Å². The number of nitrogens with two attached hydrogens (primary N) is 1. The lowest BCUT2D eigenvalue weighted by molar-refractivity contribution is 0.797. The first kappa shape index (κ1) is 9.21. The van der Waals surface area contributed by atoms with E-state index in [-0.39, 0.29) is 0 Å². The number of nitrogens with one attached hydrogen (secondary N) is 1. The van der Waals surface area contributed by atoms with Crippen molar-refractivity contribution in [2.75, 3.05) is 11.2 Å². The second-order valence-corrected chi connectivity index (χ2v) is 3.48. The molecule has 0 saturated heterocycles. The van der Waals surface area contributed by atoms with Gasteiger partial charge in [0.2, 0.25) is 0 Å². The van der Waals surface area contributed by atoms with Crippen molar-refractivity contribution in [3.8, 4) is 0 Å². The SMILES string of the molecule is Nc1cnnc(NN=C2CCC2)c1Cl. The summed E-state index contributed by atoms with van der Waals surface area (Å²) in [5.41, 5.74) is 9.84. The summed E-state index contributed by atoms with van der Waals surface area (Å²) >= 11 is 5.88. The Hall–Kier alpha value is -1.36. The molecule has 3 N–H and O–H groups in total. The van der Waals surface area contributed by atoms with Gasteiger partial charge in [0.1, 0.15) is 5.02 Å². The number of hydrogen-bond acceptors (Lipinski definition) is 5. The number of aromatic nitrogens is 2. The first-order chi connectivity index (χ1) is 6.77. The highest BCUT2D eigenvalue weighted by Gasteiger charge is 2.11. The fourth-order valence-electron chi connectivity index (χ4n) is 1.04. The third-order valence-corrected chi connectivity index (χ3v) is 2.46. The van der Waals surface area contributed by atoms with Crippen molar-refractivity contribution in [2.24, 2.45) is 5.10 Å². The molecule has 0 aliphatic heterocycles. The second kappa shape index (κ2) is 3.79. The third-order valence-electron chi connectivity index (χ3n) is 2.07. The molecule has 1 heterocycles. The molecule has 5 nitrogen and oxygen atoms in total. The Morgan fingerprint density at radius 2 is 2.29 bits per heavy atom. The molecule has 1 saturated carbocycles. The molecule has 0 radical (unpaired) electrons. The van der Waals surface area contributed by atoms with Gasteiger partial charge < -0.3 is 5.73 Å². The van der Waals surface area contributed by atoms with Crippen molar-refractivity contribution in [2.45, 2.75) is 19.3 Å². The fourth-order valence-corrected chi connectivity index (χ4v) is 1.17. The summed E-state index contributed by atoms with van der Waals surface area (Å²) in [5, 5.41) is 12.0. The van der Waals surface area contributed by atoms with Gasteiger partial charge in [0.05, 0.1) is 11.9 Å². The Labute approximate surface area is 86.4 Å². The maximum atomic E-state index is 5.88. The Balaban J connectivity index is 2.12. The number of anilines is 2. The van der Waals surface area contributed by atoms with Gasteiger partial charge >= 0.3 is 0 Å². The highest BCUT2D eigenvalue weighted by molar-refractivity contribution is 6.35. The smallest absolute Gasteiger partial charge is 0.189 e. The standard InChI is InChI=1S/C8H10ClN5/c9-7-6(10)4-11-13-8(7)14-12-5-2-1-3-5/h4H,1-3H2,(H3,10,13,14). The van der Waals surface area contributed by atoms with E-state index in [0.717, 1.165) is 18.6 Å². The molecular formula is C8H10ClN5. The molecule has 1 aliphatic carbocycles. The van der Waals surface area contributed by atoms with Crippen molar-refractivity contribution in [3.05, 3.63) is 11.2 Å². The molecule has 0 spiro atoms. The number of nitrogen functional groups attached to an aromatic ring is 1. The number of rotatable bonds is 2. The first-order valence-corrected chi connectivity index (χ1v) is 4.73. The van der Waals surface area contributed by atoms with Gasteiger partial charge in [-0.3, -0.25) is 5.43 Å². The maximum Gasteiger partial charge on any atom is 0.189 e. The van der Waals surface area contributed by atoms with E-state index in [4.69, 9.17) is 17.3 Å². The van der Waals surface area contributed by atoms with Crippen LogP contribution in [0.25, 0.3) is 0 Å². The number of halogens is 1.